The van der Waals surface area contributed by atoms with E-state index in [1.54, 1.807) is 56.7 Å². The van der Waals surface area contributed by atoms with Crippen LogP contribution in [0.15, 0.2) is 53.1 Å². The average Bonchev–Trinajstić information content (AvgIpc) is 3.17. The Morgan fingerprint density at radius 2 is 1.74 bits per heavy atom. The number of ether oxygens (including phenoxy) is 3. The van der Waals surface area contributed by atoms with Gasteiger partial charge in [-0.05, 0) is 61.4 Å². The fourth-order valence-corrected chi connectivity index (χ4v) is 4.01. The van der Waals surface area contributed by atoms with Gasteiger partial charge in [-0.1, -0.05) is 17.7 Å². The normalized spacial score (nSPS) is 10.9. The Hall–Kier alpha value is -3.71. The van der Waals surface area contributed by atoms with Crippen molar-refractivity contribution in [2.45, 2.75) is 20.4 Å². The van der Waals surface area contributed by atoms with Gasteiger partial charge in [-0.3, -0.25) is 9.69 Å². The molecule has 0 bridgehead atoms. The van der Waals surface area contributed by atoms with Crippen LogP contribution in [0.25, 0.3) is 11.0 Å². The number of carbonyl (C=O) groups is 1. The highest BCUT2D eigenvalue weighted by atomic mass is 35.5. The van der Waals surface area contributed by atoms with Crippen molar-refractivity contribution in [2.24, 2.45) is 0 Å². The Bertz CT molecular complexity index is 1330. The number of methoxy groups -OCH3 is 3. The number of hydrogen-bond donors (Lipinski definition) is 0. The SMILES string of the molecule is COc1cc(CN(C(=O)c2oc3cc(C)c(Cl)cc3c2C)c2ccccn2)cc(OC)c1OC. The molecule has 0 N–H and O–H groups in total. The molecule has 7 nitrogen and oxygen atoms in total. The molecule has 2 aromatic carbocycles. The third kappa shape index (κ3) is 4.26. The highest BCUT2D eigenvalue weighted by molar-refractivity contribution is 6.32. The molecule has 0 radical (unpaired) electrons. The Balaban J connectivity index is 1.80. The van der Waals surface area contributed by atoms with Crippen LogP contribution < -0.4 is 19.1 Å². The first-order valence-electron chi connectivity index (χ1n) is 10.6. The largest absolute Gasteiger partial charge is 0.493 e. The van der Waals surface area contributed by atoms with E-state index in [0.717, 1.165) is 16.5 Å². The second kappa shape index (κ2) is 9.65. The van der Waals surface area contributed by atoms with Crippen molar-refractivity contribution in [3.63, 3.8) is 0 Å². The maximum atomic E-state index is 13.8. The molecular weight excluding hydrogens is 456 g/mol. The van der Waals surface area contributed by atoms with E-state index in [9.17, 15) is 4.79 Å². The van der Waals surface area contributed by atoms with E-state index in [1.165, 1.54) is 0 Å². The zero-order valence-corrected chi connectivity index (χ0v) is 20.4. The van der Waals surface area contributed by atoms with Crippen LogP contribution in [0.4, 0.5) is 5.82 Å². The lowest BCUT2D eigenvalue weighted by Gasteiger charge is -2.22. The maximum Gasteiger partial charge on any atom is 0.295 e. The van der Waals surface area contributed by atoms with E-state index in [1.807, 2.05) is 32.0 Å². The van der Waals surface area contributed by atoms with Crippen molar-refractivity contribution >= 4 is 34.3 Å². The van der Waals surface area contributed by atoms with Crippen LogP contribution in [0.1, 0.15) is 27.2 Å². The number of nitrogens with zero attached hydrogens (tertiary/aromatic N) is 2. The minimum absolute atomic E-state index is 0.197. The molecule has 0 aliphatic rings. The lowest BCUT2D eigenvalue weighted by molar-refractivity contribution is 0.0958. The van der Waals surface area contributed by atoms with E-state index < -0.39 is 0 Å². The Morgan fingerprint density at radius 1 is 1.03 bits per heavy atom. The highest BCUT2D eigenvalue weighted by Gasteiger charge is 2.27. The number of furan rings is 1. The summed E-state index contributed by atoms with van der Waals surface area (Å²) in [6, 6.07) is 12.7. The van der Waals surface area contributed by atoms with Crippen LogP contribution in [0.2, 0.25) is 5.02 Å². The molecule has 0 fully saturated rings. The predicted octanol–water partition coefficient (Wildman–Crippen LogP) is 5.97. The molecular formula is C26H25ClN2O5. The molecule has 34 heavy (non-hydrogen) atoms. The quantitative estimate of drug-likeness (QED) is 0.324. The molecule has 0 spiro atoms. The molecule has 2 aromatic heterocycles. The van der Waals surface area contributed by atoms with Crippen molar-refractivity contribution in [2.75, 3.05) is 26.2 Å². The number of pyridine rings is 1. The van der Waals surface area contributed by atoms with Crippen LogP contribution in [-0.2, 0) is 6.54 Å². The molecule has 176 valence electrons. The molecule has 1 amide bonds. The van der Waals surface area contributed by atoms with Gasteiger partial charge in [-0.15, -0.1) is 0 Å². The molecule has 2 heterocycles. The van der Waals surface area contributed by atoms with E-state index >= 15 is 0 Å². The molecule has 0 unspecified atom stereocenters. The first-order valence-corrected chi connectivity index (χ1v) is 11.0. The molecule has 4 aromatic rings. The second-order valence-electron chi connectivity index (χ2n) is 7.77. The fourth-order valence-electron chi connectivity index (χ4n) is 3.85. The van der Waals surface area contributed by atoms with Crippen molar-refractivity contribution in [3.05, 3.63) is 76.1 Å². The summed E-state index contributed by atoms with van der Waals surface area (Å²) in [4.78, 5) is 19.8. The molecule has 4 rings (SSSR count). The summed E-state index contributed by atoms with van der Waals surface area (Å²) in [6.45, 7) is 3.94. The van der Waals surface area contributed by atoms with Crippen molar-refractivity contribution < 1.29 is 23.4 Å². The topological polar surface area (TPSA) is 74.0 Å². The third-order valence-corrected chi connectivity index (χ3v) is 6.06. The first kappa shape index (κ1) is 23.4. The Morgan fingerprint density at radius 3 is 2.32 bits per heavy atom. The number of rotatable bonds is 7. The number of anilines is 1. The minimum atomic E-state index is -0.324. The molecule has 0 saturated heterocycles. The van der Waals surface area contributed by atoms with Gasteiger partial charge in [0.25, 0.3) is 5.91 Å². The number of aromatic nitrogens is 1. The summed E-state index contributed by atoms with van der Waals surface area (Å²) in [5.74, 6) is 1.86. The van der Waals surface area contributed by atoms with Gasteiger partial charge in [0.2, 0.25) is 5.75 Å². The average molecular weight is 481 g/mol. The van der Waals surface area contributed by atoms with Crippen LogP contribution in [0.3, 0.4) is 0 Å². The van der Waals surface area contributed by atoms with Crippen LogP contribution in [0, 0.1) is 13.8 Å². The monoisotopic (exact) mass is 480 g/mol. The van der Waals surface area contributed by atoms with Gasteiger partial charge in [0.1, 0.15) is 11.4 Å². The molecule has 0 aliphatic carbocycles. The van der Waals surface area contributed by atoms with Gasteiger partial charge in [-0.25, -0.2) is 4.98 Å². The van der Waals surface area contributed by atoms with Crippen molar-refractivity contribution in [1.82, 2.24) is 4.98 Å². The summed E-state index contributed by atoms with van der Waals surface area (Å²) < 4.78 is 22.4. The van der Waals surface area contributed by atoms with Gasteiger partial charge in [-0.2, -0.15) is 0 Å². The lowest BCUT2D eigenvalue weighted by Crippen LogP contribution is -2.31. The number of amides is 1. The third-order valence-electron chi connectivity index (χ3n) is 5.65. The van der Waals surface area contributed by atoms with Gasteiger partial charge >= 0.3 is 0 Å². The number of hydrogen-bond acceptors (Lipinski definition) is 6. The number of aryl methyl sites for hydroxylation is 2. The van der Waals surface area contributed by atoms with Crippen molar-refractivity contribution in [3.8, 4) is 17.2 Å². The van der Waals surface area contributed by atoms with Gasteiger partial charge in [0.15, 0.2) is 17.3 Å². The molecule has 8 heteroatoms. The molecule has 0 atom stereocenters. The first-order chi connectivity index (χ1) is 16.4. The van der Waals surface area contributed by atoms with Crippen LogP contribution in [0.5, 0.6) is 17.2 Å². The van der Waals surface area contributed by atoms with Gasteiger partial charge in [0, 0.05) is 22.2 Å². The maximum absolute atomic E-state index is 13.8. The summed E-state index contributed by atoms with van der Waals surface area (Å²) in [7, 11) is 4.64. The molecule has 0 aliphatic heterocycles. The van der Waals surface area contributed by atoms with E-state index in [-0.39, 0.29) is 18.2 Å². The predicted molar refractivity (Wildman–Crippen MR) is 132 cm³/mol. The van der Waals surface area contributed by atoms with Crippen LogP contribution >= 0.6 is 11.6 Å². The van der Waals surface area contributed by atoms with Gasteiger partial charge in [0.05, 0.1) is 27.9 Å². The fraction of sp³-hybridized carbons (Fsp3) is 0.231. The van der Waals surface area contributed by atoms with Gasteiger partial charge < -0.3 is 18.6 Å². The lowest BCUT2D eigenvalue weighted by atomic mass is 10.1. The summed E-state index contributed by atoms with van der Waals surface area (Å²) in [6.07, 6.45) is 1.64. The molecule has 0 saturated carbocycles. The van der Waals surface area contributed by atoms with E-state index in [2.05, 4.69) is 4.98 Å². The number of benzene rings is 2. The summed E-state index contributed by atoms with van der Waals surface area (Å²) >= 11 is 6.32. The number of carbonyl (C=O) groups excluding carboxylic acids is 1. The second-order valence-corrected chi connectivity index (χ2v) is 8.17. The van der Waals surface area contributed by atoms with Crippen LogP contribution in [-0.4, -0.2) is 32.2 Å². The van der Waals surface area contributed by atoms with E-state index in [0.29, 0.717) is 39.2 Å². The smallest absolute Gasteiger partial charge is 0.295 e. The standard InChI is InChI=1S/C26H25ClN2O5/c1-15-10-20-18(13-19(15)27)16(2)24(34-20)26(30)29(23-8-6-7-9-28-23)14-17-11-21(31-3)25(33-5)22(12-17)32-4/h6-13H,14H2,1-5H3. The number of halogens is 1. The number of fused-ring (bicyclic) bond motifs is 1. The van der Waals surface area contributed by atoms with Crippen molar-refractivity contribution in [1.29, 1.82) is 0 Å². The van der Waals surface area contributed by atoms with E-state index in [4.69, 9.17) is 30.2 Å². The Kier molecular flexibility index (Phi) is 6.65. The minimum Gasteiger partial charge on any atom is -0.493 e. The zero-order valence-electron chi connectivity index (χ0n) is 19.6. The highest BCUT2D eigenvalue weighted by Crippen LogP contribution is 2.39. The zero-order chi connectivity index (χ0) is 24.4. The summed E-state index contributed by atoms with van der Waals surface area (Å²) in [5, 5.41) is 1.42. The summed E-state index contributed by atoms with van der Waals surface area (Å²) in [5.41, 5.74) is 2.96. The Labute approximate surface area is 202 Å².